The summed E-state index contributed by atoms with van der Waals surface area (Å²) >= 11 is 0. The lowest BCUT2D eigenvalue weighted by atomic mass is 9.89. The van der Waals surface area contributed by atoms with Crippen molar-refractivity contribution < 1.29 is 14.2 Å². The van der Waals surface area contributed by atoms with Gasteiger partial charge in [0.25, 0.3) is 0 Å². The lowest BCUT2D eigenvalue weighted by molar-refractivity contribution is 0.0488. The van der Waals surface area contributed by atoms with Gasteiger partial charge in [-0.15, -0.1) is 0 Å². The van der Waals surface area contributed by atoms with E-state index in [4.69, 9.17) is 10.00 Å². The fourth-order valence-corrected chi connectivity index (χ4v) is 1.51. The van der Waals surface area contributed by atoms with Gasteiger partial charge in [0.2, 0.25) is 0 Å². The molecule has 2 rings (SSSR count). The van der Waals surface area contributed by atoms with E-state index in [0.29, 0.717) is 5.75 Å². The van der Waals surface area contributed by atoms with Crippen molar-refractivity contribution in [3.05, 3.63) is 29.6 Å². The van der Waals surface area contributed by atoms with Crippen molar-refractivity contribution in [2.45, 2.75) is 12.0 Å². The van der Waals surface area contributed by atoms with Gasteiger partial charge in [0.05, 0.1) is 6.61 Å². The maximum Gasteiger partial charge on any atom is 0.183 e. The van der Waals surface area contributed by atoms with Crippen LogP contribution in [-0.2, 0) is 5.60 Å². The summed E-state index contributed by atoms with van der Waals surface area (Å²) in [4.78, 5) is 0. The van der Waals surface area contributed by atoms with E-state index >= 15 is 0 Å². The molecule has 0 aromatic heterocycles. The van der Waals surface area contributed by atoms with Crippen LogP contribution in [0.25, 0.3) is 0 Å². The second-order valence-electron chi connectivity index (χ2n) is 3.21. The number of halogens is 1. The van der Waals surface area contributed by atoms with E-state index in [2.05, 4.69) is 0 Å². The van der Waals surface area contributed by atoms with Crippen LogP contribution in [0.2, 0.25) is 0 Å². The summed E-state index contributed by atoms with van der Waals surface area (Å²) in [6, 6.07) is 5.57. The molecule has 1 aliphatic heterocycles. The van der Waals surface area contributed by atoms with Gasteiger partial charge in [-0.2, -0.15) is 5.26 Å². The van der Waals surface area contributed by atoms with Crippen LogP contribution >= 0.6 is 0 Å². The minimum absolute atomic E-state index is 0.167. The zero-order valence-corrected chi connectivity index (χ0v) is 7.33. The van der Waals surface area contributed by atoms with Gasteiger partial charge in [-0.05, 0) is 18.2 Å². The fraction of sp³-hybridized carbons (Fsp3) is 0.300. The summed E-state index contributed by atoms with van der Waals surface area (Å²) in [5.41, 5.74) is -1.40. The third-order valence-corrected chi connectivity index (χ3v) is 2.29. The first-order valence-corrected chi connectivity index (χ1v) is 4.22. The number of hydrogen-bond donors (Lipinski definition) is 1. The van der Waals surface area contributed by atoms with E-state index in [0.717, 1.165) is 6.07 Å². The molecule has 1 aromatic carbocycles. The monoisotopic (exact) mass is 193 g/mol. The number of nitriles is 1. The van der Waals surface area contributed by atoms with Crippen molar-refractivity contribution in [3.63, 3.8) is 0 Å². The first kappa shape index (κ1) is 8.97. The highest BCUT2D eigenvalue weighted by Gasteiger charge is 2.36. The molecule has 1 N–H and O–H groups in total. The smallest absolute Gasteiger partial charge is 0.183 e. The molecule has 0 saturated carbocycles. The third-order valence-electron chi connectivity index (χ3n) is 2.29. The number of ether oxygens (including phenoxy) is 1. The molecule has 1 aliphatic rings. The van der Waals surface area contributed by atoms with Crippen molar-refractivity contribution in [2.75, 3.05) is 6.61 Å². The SMILES string of the molecule is N#CC1(O)CCOc2ccc(F)cc21. The van der Waals surface area contributed by atoms with Crippen LogP contribution in [0.5, 0.6) is 5.75 Å². The van der Waals surface area contributed by atoms with Crippen LogP contribution in [0.1, 0.15) is 12.0 Å². The number of benzene rings is 1. The molecule has 4 heteroatoms. The van der Waals surface area contributed by atoms with E-state index in [-0.39, 0.29) is 18.6 Å². The van der Waals surface area contributed by atoms with Crippen LogP contribution < -0.4 is 4.74 Å². The van der Waals surface area contributed by atoms with Crippen molar-refractivity contribution in [1.82, 2.24) is 0 Å². The normalized spacial score (nSPS) is 24.6. The fourth-order valence-electron chi connectivity index (χ4n) is 1.51. The topological polar surface area (TPSA) is 53.2 Å². The van der Waals surface area contributed by atoms with E-state index in [1.54, 1.807) is 6.07 Å². The second-order valence-corrected chi connectivity index (χ2v) is 3.21. The van der Waals surface area contributed by atoms with Crippen LogP contribution in [-0.4, -0.2) is 11.7 Å². The predicted molar refractivity (Wildman–Crippen MR) is 46.0 cm³/mol. The minimum Gasteiger partial charge on any atom is -0.493 e. The minimum atomic E-state index is -1.62. The Kier molecular flexibility index (Phi) is 1.90. The highest BCUT2D eigenvalue weighted by atomic mass is 19.1. The maximum absolute atomic E-state index is 12.9. The zero-order chi connectivity index (χ0) is 10.2. The zero-order valence-electron chi connectivity index (χ0n) is 7.33. The molecule has 14 heavy (non-hydrogen) atoms. The van der Waals surface area contributed by atoms with Gasteiger partial charge in [0, 0.05) is 12.0 Å². The van der Waals surface area contributed by atoms with Crippen LogP contribution in [0.3, 0.4) is 0 Å². The van der Waals surface area contributed by atoms with Gasteiger partial charge in [-0.1, -0.05) is 0 Å². The Morgan fingerprint density at radius 1 is 1.57 bits per heavy atom. The molecule has 1 heterocycles. The first-order chi connectivity index (χ1) is 6.65. The Labute approximate surface area is 80.4 Å². The molecule has 0 aliphatic carbocycles. The highest BCUT2D eigenvalue weighted by Crippen LogP contribution is 2.36. The molecule has 1 unspecified atom stereocenters. The molecular formula is C10H8FNO2. The van der Waals surface area contributed by atoms with Gasteiger partial charge in [0.15, 0.2) is 5.60 Å². The number of fused-ring (bicyclic) bond motifs is 1. The van der Waals surface area contributed by atoms with Crippen molar-refractivity contribution >= 4 is 0 Å². The number of nitrogens with zero attached hydrogens (tertiary/aromatic N) is 1. The molecule has 72 valence electrons. The van der Waals surface area contributed by atoms with E-state index in [1.807, 2.05) is 0 Å². The molecule has 3 nitrogen and oxygen atoms in total. The number of hydrogen-bond acceptors (Lipinski definition) is 3. The summed E-state index contributed by atoms with van der Waals surface area (Å²) < 4.78 is 18.1. The molecular weight excluding hydrogens is 185 g/mol. The van der Waals surface area contributed by atoms with Crippen LogP contribution in [0, 0.1) is 17.1 Å². The van der Waals surface area contributed by atoms with Gasteiger partial charge in [-0.25, -0.2) is 4.39 Å². The summed E-state index contributed by atoms with van der Waals surface area (Å²) in [6.45, 7) is 0.267. The predicted octanol–water partition coefficient (Wildman–Crippen LogP) is 1.32. The average Bonchev–Trinajstić information content (AvgIpc) is 2.20. The Balaban J connectivity index is 2.59. The van der Waals surface area contributed by atoms with Crippen LogP contribution in [0.15, 0.2) is 18.2 Å². The third kappa shape index (κ3) is 1.22. The number of aliphatic hydroxyl groups is 1. The standard InChI is InChI=1S/C10H8FNO2/c11-7-1-2-9-8(5-7)10(13,6-12)3-4-14-9/h1-2,5,13H,3-4H2. The molecule has 0 saturated heterocycles. The van der Waals surface area contributed by atoms with E-state index < -0.39 is 11.4 Å². The van der Waals surface area contributed by atoms with Crippen LogP contribution in [0.4, 0.5) is 4.39 Å². The second kappa shape index (κ2) is 2.96. The Morgan fingerprint density at radius 2 is 2.36 bits per heavy atom. The highest BCUT2D eigenvalue weighted by molar-refractivity contribution is 5.43. The molecule has 0 bridgehead atoms. The maximum atomic E-state index is 12.9. The average molecular weight is 193 g/mol. The Morgan fingerprint density at radius 3 is 3.07 bits per heavy atom. The molecule has 1 atom stereocenters. The first-order valence-electron chi connectivity index (χ1n) is 4.22. The molecule has 0 fully saturated rings. The van der Waals surface area contributed by atoms with Crippen molar-refractivity contribution in [1.29, 1.82) is 5.26 Å². The van der Waals surface area contributed by atoms with Gasteiger partial charge >= 0.3 is 0 Å². The number of rotatable bonds is 0. The Bertz CT molecular complexity index is 413. The van der Waals surface area contributed by atoms with Gasteiger partial charge in [-0.3, -0.25) is 0 Å². The molecule has 0 radical (unpaired) electrons. The lowest BCUT2D eigenvalue weighted by Crippen LogP contribution is -2.31. The molecule has 0 amide bonds. The van der Waals surface area contributed by atoms with Gasteiger partial charge < -0.3 is 9.84 Å². The largest absolute Gasteiger partial charge is 0.493 e. The van der Waals surface area contributed by atoms with Gasteiger partial charge in [0.1, 0.15) is 17.6 Å². The summed E-state index contributed by atoms with van der Waals surface area (Å²) in [5.74, 6) is -0.107. The summed E-state index contributed by atoms with van der Waals surface area (Å²) in [7, 11) is 0. The van der Waals surface area contributed by atoms with Crippen molar-refractivity contribution in [3.8, 4) is 11.8 Å². The molecule has 0 spiro atoms. The quantitative estimate of drug-likeness (QED) is 0.632. The summed E-state index contributed by atoms with van der Waals surface area (Å²) in [5, 5.41) is 18.7. The van der Waals surface area contributed by atoms with Crippen molar-refractivity contribution in [2.24, 2.45) is 0 Å². The summed E-state index contributed by atoms with van der Waals surface area (Å²) in [6.07, 6.45) is 0.167. The molecule has 1 aromatic rings. The Hall–Kier alpha value is -1.60. The lowest BCUT2D eigenvalue weighted by Gasteiger charge is -2.28. The van der Waals surface area contributed by atoms with E-state index in [1.165, 1.54) is 12.1 Å². The van der Waals surface area contributed by atoms with E-state index in [9.17, 15) is 9.50 Å².